The van der Waals surface area contributed by atoms with Crippen LogP contribution < -0.4 is 14.8 Å². The zero-order chi connectivity index (χ0) is 18.6. The van der Waals surface area contributed by atoms with Crippen molar-refractivity contribution in [3.63, 3.8) is 0 Å². The highest BCUT2D eigenvalue weighted by Gasteiger charge is 2.14. The second-order valence-corrected chi connectivity index (χ2v) is 7.03. The average Bonchev–Trinajstić information content (AvgIpc) is 2.64. The van der Waals surface area contributed by atoms with E-state index < -0.39 is 15.8 Å². The van der Waals surface area contributed by atoms with E-state index in [9.17, 15) is 12.8 Å². The zero-order valence-corrected chi connectivity index (χ0v) is 14.6. The Morgan fingerprint density at radius 1 is 1.00 bits per heavy atom. The minimum Gasteiger partial charge on any atom is -0.497 e. The molecule has 0 saturated heterocycles. The van der Waals surface area contributed by atoms with Crippen molar-refractivity contribution < 1.29 is 17.5 Å². The van der Waals surface area contributed by atoms with Gasteiger partial charge in [-0.05, 0) is 48.5 Å². The summed E-state index contributed by atoms with van der Waals surface area (Å²) in [4.78, 5) is 4.05. The molecule has 2 aromatic carbocycles. The molecule has 6 nitrogen and oxygen atoms in total. The predicted molar refractivity (Wildman–Crippen MR) is 97.7 cm³/mol. The predicted octanol–water partition coefficient (Wildman–Crippen LogP) is 3.77. The van der Waals surface area contributed by atoms with Gasteiger partial charge in [-0.3, -0.25) is 4.72 Å². The summed E-state index contributed by atoms with van der Waals surface area (Å²) < 4.78 is 45.0. The zero-order valence-electron chi connectivity index (χ0n) is 13.8. The lowest BCUT2D eigenvalue weighted by molar-refractivity contribution is 0.415. The van der Waals surface area contributed by atoms with E-state index >= 15 is 0 Å². The molecule has 8 heteroatoms. The highest BCUT2D eigenvalue weighted by molar-refractivity contribution is 7.92. The minimum atomic E-state index is -3.83. The Morgan fingerprint density at radius 2 is 1.77 bits per heavy atom. The molecule has 26 heavy (non-hydrogen) atoms. The van der Waals surface area contributed by atoms with Crippen molar-refractivity contribution >= 4 is 27.2 Å². The van der Waals surface area contributed by atoms with E-state index in [4.69, 9.17) is 4.74 Å². The quantitative estimate of drug-likeness (QED) is 0.687. The van der Waals surface area contributed by atoms with Crippen LogP contribution >= 0.6 is 0 Å². The van der Waals surface area contributed by atoms with Gasteiger partial charge in [-0.15, -0.1) is 0 Å². The average molecular weight is 373 g/mol. The number of pyridine rings is 1. The third kappa shape index (κ3) is 4.28. The van der Waals surface area contributed by atoms with Gasteiger partial charge in [0, 0.05) is 11.8 Å². The number of anilines is 3. The molecule has 3 rings (SSSR count). The molecule has 0 unspecified atom stereocenters. The maximum Gasteiger partial charge on any atom is 0.263 e. The number of methoxy groups -OCH3 is 1. The van der Waals surface area contributed by atoms with Crippen LogP contribution in [-0.2, 0) is 10.0 Å². The molecule has 0 aliphatic carbocycles. The molecule has 0 aliphatic heterocycles. The molecular formula is C18H16FN3O3S. The second kappa shape index (κ2) is 7.40. The first-order chi connectivity index (χ1) is 12.5. The van der Waals surface area contributed by atoms with Crippen molar-refractivity contribution in [1.29, 1.82) is 0 Å². The monoisotopic (exact) mass is 373 g/mol. The molecule has 0 amide bonds. The molecule has 0 radical (unpaired) electrons. The van der Waals surface area contributed by atoms with Gasteiger partial charge in [-0.2, -0.15) is 0 Å². The third-order valence-electron chi connectivity index (χ3n) is 3.48. The van der Waals surface area contributed by atoms with E-state index in [1.165, 1.54) is 24.4 Å². The highest BCUT2D eigenvalue weighted by atomic mass is 32.2. The molecule has 0 fully saturated rings. The van der Waals surface area contributed by atoms with Crippen molar-refractivity contribution in [2.75, 3.05) is 17.1 Å². The van der Waals surface area contributed by atoms with Gasteiger partial charge < -0.3 is 10.1 Å². The molecule has 0 saturated carbocycles. The van der Waals surface area contributed by atoms with Crippen LogP contribution in [0.15, 0.2) is 71.8 Å². The van der Waals surface area contributed by atoms with Crippen LogP contribution in [0.4, 0.5) is 21.6 Å². The fourth-order valence-corrected chi connectivity index (χ4v) is 3.21. The summed E-state index contributed by atoms with van der Waals surface area (Å²) in [6, 6.07) is 15.1. The van der Waals surface area contributed by atoms with Gasteiger partial charge in [0.15, 0.2) is 0 Å². The molecule has 0 aliphatic rings. The van der Waals surface area contributed by atoms with Crippen molar-refractivity contribution in [3.8, 4) is 5.75 Å². The van der Waals surface area contributed by atoms with Crippen molar-refractivity contribution in [3.05, 3.63) is 72.7 Å². The van der Waals surface area contributed by atoms with Crippen molar-refractivity contribution in [1.82, 2.24) is 4.98 Å². The molecule has 0 spiro atoms. The Hall–Kier alpha value is -3.13. The normalized spacial score (nSPS) is 11.0. The number of halogens is 1. The van der Waals surface area contributed by atoms with Crippen molar-refractivity contribution in [2.45, 2.75) is 4.90 Å². The fourth-order valence-electron chi connectivity index (χ4n) is 2.21. The van der Waals surface area contributed by atoms with Crippen LogP contribution in [0.1, 0.15) is 0 Å². The van der Waals surface area contributed by atoms with Crippen molar-refractivity contribution in [2.24, 2.45) is 0 Å². The van der Waals surface area contributed by atoms with E-state index in [0.29, 0.717) is 11.4 Å². The molecule has 0 bridgehead atoms. The number of rotatable bonds is 6. The molecule has 0 atom stereocenters. The van der Waals surface area contributed by atoms with E-state index in [2.05, 4.69) is 15.0 Å². The number of ether oxygens (including phenoxy) is 1. The first-order valence-corrected chi connectivity index (χ1v) is 9.10. The van der Waals surface area contributed by atoms with Crippen LogP contribution in [0, 0.1) is 5.82 Å². The van der Waals surface area contributed by atoms with Crippen LogP contribution in [0.25, 0.3) is 0 Å². The topological polar surface area (TPSA) is 80.3 Å². The number of benzene rings is 2. The smallest absolute Gasteiger partial charge is 0.263 e. The van der Waals surface area contributed by atoms with Gasteiger partial charge in [0.05, 0.1) is 23.9 Å². The largest absolute Gasteiger partial charge is 0.497 e. The summed E-state index contributed by atoms with van der Waals surface area (Å²) in [6.45, 7) is 0. The summed E-state index contributed by atoms with van der Waals surface area (Å²) >= 11 is 0. The van der Waals surface area contributed by atoms with Gasteiger partial charge >= 0.3 is 0 Å². The number of hydrogen-bond acceptors (Lipinski definition) is 5. The Bertz CT molecular complexity index is 991. The molecule has 2 N–H and O–H groups in total. The fraction of sp³-hybridized carbons (Fsp3) is 0.0556. The summed E-state index contributed by atoms with van der Waals surface area (Å²) in [5.41, 5.74) is 1.49. The van der Waals surface area contributed by atoms with Gasteiger partial charge in [0.1, 0.15) is 17.4 Å². The summed E-state index contributed by atoms with van der Waals surface area (Å²) in [6.07, 6.45) is 1.50. The Kier molecular flexibility index (Phi) is 5.04. The molecule has 1 heterocycles. The van der Waals surface area contributed by atoms with Crippen LogP contribution in [-0.4, -0.2) is 20.5 Å². The Labute approximate surface area is 150 Å². The lowest BCUT2D eigenvalue weighted by Gasteiger charge is -2.10. The highest BCUT2D eigenvalue weighted by Crippen LogP contribution is 2.22. The first-order valence-electron chi connectivity index (χ1n) is 7.62. The minimum absolute atomic E-state index is 0.0423. The van der Waals surface area contributed by atoms with E-state index in [1.54, 1.807) is 13.2 Å². The Morgan fingerprint density at radius 3 is 2.42 bits per heavy atom. The van der Waals surface area contributed by atoms with E-state index in [-0.39, 0.29) is 10.7 Å². The maximum absolute atomic E-state index is 12.9. The van der Waals surface area contributed by atoms with Gasteiger partial charge in [0.25, 0.3) is 10.0 Å². The first kappa shape index (κ1) is 17.7. The number of nitrogens with zero attached hydrogens (tertiary/aromatic N) is 1. The maximum atomic E-state index is 12.9. The molecule has 1 aromatic heterocycles. The third-order valence-corrected chi connectivity index (χ3v) is 4.86. The second-order valence-electron chi connectivity index (χ2n) is 5.35. The molecular weight excluding hydrogens is 357 g/mol. The van der Waals surface area contributed by atoms with Crippen LogP contribution in [0.2, 0.25) is 0 Å². The van der Waals surface area contributed by atoms with Gasteiger partial charge in [-0.25, -0.2) is 17.8 Å². The number of sulfonamides is 1. The van der Waals surface area contributed by atoms with Crippen LogP contribution in [0.5, 0.6) is 5.75 Å². The van der Waals surface area contributed by atoms with E-state index in [1.807, 2.05) is 24.3 Å². The standard InChI is InChI=1S/C18H16FN3O3S/c1-25-16-4-2-3-14(11-16)21-15-7-10-18(20-12-15)22-26(23,24)17-8-5-13(19)6-9-17/h2-12,21H,1H3,(H,20,22). The van der Waals surface area contributed by atoms with Gasteiger partial charge in [-0.1, -0.05) is 6.07 Å². The lowest BCUT2D eigenvalue weighted by Crippen LogP contribution is -2.13. The number of hydrogen-bond donors (Lipinski definition) is 2. The molecule has 3 aromatic rings. The lowest BCUT2D eigenvalue weighted by atomic mass is 10.3. The van der Waals surface area contributed by atoms with Gasteiger partial charge in [0.2, 0.25) is 0 Å². The number of nitrogens with one attached hydrogen (secondary N) is 2. The van der Waals surface area contributed by atoms with Crippen LogP contribution in [0.3, 0.4) is 0 Å². The number of aromatic nitrogens is 1. The summed E-state index contributed by atoms with van der Waals surface area (Å²) in [7, 11) is -2.24. The van der Waals surface area contributed by atoms with E-state index in [0.717, 1.165) is 17.8 Å². The summed E-state index contributed by atoms with van der Waals surface area (Å²) in [5.74, 6) is 0.368. The SMILES string of the molecule is COc1cccc(Nc2ccc(NS(=O)(=O)c3ccc(F)cc3)nc2)c1. The summed E-state index contributed by atoms with van der Waals surface area (Å²) in [5, 5.41) is 3.15. The molecule has 134 valence electrons. The Balaban J connectivity index is 1.72.